The lowest BCUT2D eigenvalue weighted by Crippen LogP contribution is -2.49. The number of carbonyl (C=O) groups is 2. The minimum Gasteiger partial charge on any atom is -0.371 e. The molecule has 4 rings (SSSR count). The summed E-state index contributed by atoms with van der Waals surface area (Å²) in [6.45, 7) is 13.6. The number of piperazine rings is 1. The number of hydrogen-bond acceptors (Lipinski definition) is 4. The van der Waals surface area contributed by atoms with Gasteiger partial charge in [-0.25, -0.2) is 4.39 Å². The third-order valence-corrected chi connectivity index (χ3v) is 6.34. The van der Waals surface area contributed by atoms with E-state index in [4.69, 9.17) is 0 Å². The van der Waals surface area contributed by atoms with Gasteiger partial charge in [0.05, 0.1) is 11.3 Å². The van der Waals surface area contributed by atoms with Gasteiger partial charge in [0, 0.05) is 50.5 Å². The largest absolute Gasteiger partial charge is 0.371 e. The van der Waals surface area contributed by atoms with Crippen LogP contribution in [0.5, 0.6) is 0 Å². The lowest BCUT2D eigenvalue weighted by Gasteiger charge is -2.37. The Morgan fingerprint density at radius 1 is 0.818 bits per heavy atom. The van der Waals surface area contributed by atoms with E-state index in [1.807, 2.05) is 22.8 Å². The maximum atomic E-state index is 14.5. The zero-order valence-electron chi connectivity index (χ0n) is 19.8. The molecule has 176 valence electrons. The van der Waals surface area contributed by atoms with Gasteiger partial charge in [0.15, 0.2) is 5.78 Å². The summed E-state index contributed by atoms with van der Waals surface area (Å²) < 4.78 is 14.5. The summed E-state index contributed by atoms with van der Waals surface area (Å²) >= 11 is 0. The number of aryl methyl sites for hydroxylation is 1. The molecule has 6 heteroatoms. The second-order valence-corrected chi connectivity index (χ2v) is 8.57. The van der Waals surface area contributed by atoms with Crippen LogP contribution < -0.4 is 9.80 Å². The number of halogens is 1. The molecule has 2 aromatic carbocycles. The van der Waals surface area contributed by atoms with E-state index in [0.717, 1.165) is 42.7 Å². The van der Waals surface area contributed by atoms with Crippen LogP contribution in [0.4, 0.5) is 15.8 Å². The number of ketones is 1. The van der Waals surface area contributed by atoms with Gasteiger partial charge in [-0.2, -0.15) is 0 Å². The molecule has 2 aromatic rings. The van der Waals surface area contributed by atoms with Crippen LogP contribution in [0.3, 0.4) is 0 Å². The molecule has 2 heterocycles. The Morgan fingerprint density at radius 2 is 1.42 bits per heavy atom. The fourth-order valence-corrected chi connectivity index (χ4v) is 4.53. The van der Waals surface area contributed by atoms with Gasteiger partial charge in [0.2, 0.25) is 0 Å². The number of hydrogen-bond donors (Lipinski definition) is 0. The van der Waals surface area contributed by atoms with Crippen molar-refractivity contribution < 1.29 is 14.0 Å². The Hall–Kier alpha value is -3.15. The SMILES string of the molecule is C=C.CC(=O)c1ccc(N2CCN(C(=O)c3cc(C)ccc3N3CCCCC3)CC2)c(F)c1. The summed E-state index contributed by atoms with van der Waals surface area (Å²) in [6.07, 6.45) is 3.57. The highest BCUT2D eigenvalue weighted by Gasteiger charge is 2.27. The molecule has 2 aliphatic rings. The summed E-state index contributed by atoms with van der Waals surface area (Å²) in [6, 6.07) is 10.8. The Labute approximate surface area is 196 Å². The number of anilines is 2. The predicted molar refractivity (Wildman–Crippen MR) is 133 cm³/mol. The molecular weight excluding hydrogens is 417 g/mol. The number of nitrogens with zero attached hydrogens (tertiary/aromatic N) is 3. The van der Waals surface area contributed by atoms with E-state index in [-0.39, 0.29) is 11.7 Å². The highest BCUT2D eigenvalue weighted by Crippen LogP contribution is 2.28. The molecular formula is C27H34FN3O2. The van der Waals surface area contributed by atoms with E-state index in [2.05, 4.69) is 30.2 Å². The molecule has 0 radical (unpaired) electrons. The van der Waals surface area contributed by atoms with E-state index in [0.29, 0.717) is 37.4 Å². The van der Waals surface area contributed by atoms with E-state index < -0.39 is 5.82 Å². The monoisotopic (exact) mass is 451 g/mol. The summed E-state index contributed by atoms with van der Waals surface area (Å²) in [5.74, 6) is -0.488. The summed E-state index contributed by atoms with van der Waals surface area (Å²) in [4.78, 5) is 31.0. The molecule has 0 bridgehead atoms. The van der Waals surface area contributed by atoms with Crippen LogP contribution >= 0.6 is 0 Å². The van der Waals surface area contributed by atoms with Crippen molar-refractivity contribution in [1.29, 1.82) is 0 Å². The number of Topliss-reactive ketones (excluding diaryl/α,β-unsaturated/α-hetero) is 1. The minimum absolute atomic E-state index is 0.0522. The van der Waals surface area contributed by atoms with Crippen molar-refractivity contribution in [3.05, 3.63) is 72.1 Å². The molecule has 2 saturated heterocycles. The first-order chi connectivity index (χ1) is 15.9. The van der Waals surface area contributed by atoms with Gasteiger partial charge in [-0.1, -0.05) is 11.6 Å². The first-order valence-corrected chi connectivity index (χ1v) is 11.6. The maximum Gasteiger partial charge on any atom is 0.256 e. The summed E-state index contributed by atoms with van der Waals surface area (Å²) in [7, 11) is 0. The molecule has 0 saturated carbocycles. The Morgan fingerprint density at radius 3 is 2.03 bits per heavy atom. The van der Waals surface area contributed by atoms with Crippen LogP contribution in [0, 0.1) is 12.7 Å². The van der Waals surface area contributed by atoms with Crippen molar-refractivity contribution in [3.8, 4) is 0 Å². The van der Waals surface area contributed by atoms with Crippen molar-refractivity contribution in [1.82, 2.24) is 4.90 Å². The van der Waals surface area contributed by atoms with Crippen molar-refractivity contribution >= 4 is 23.1 Å². The number of benzene rings is 2. The zero-order valence-corrected chi connectivity index (χ0v) is 19.8. The third-order valence-electron chi connectivity index (χ3n) is 6.34. The average molecular weight is 452 g/mol. The molecule has 2 aliphatic heterocycles. The van der Waals surface area contributed by atoms with Crippen LogP contribution in [0.1, 0.15) is 52.5 Å². The first kappa shape index (κ1) is 24.5. The molecule has 0 unspecified atom stereocenters. The normalized spacial score (nSPS) is 16.2. The first-order valence-electron chi connectivity index (χ1n) is 11.6. The van der Waals surface area contributed by atoms with Gasteiger partial charge in [-0.15, -0.1) is 13.2 Å². The number of carbonyl (C=O) groups excluding carboxylic acids is 2. The van der Waals surface area contributed by atoms with Crippen LogP contribution in [0.15, 0.2) is 49.6 Å². The van der Waals surface area contributed by atoms with Gasteiger partial charge in [0.25, 0.3) is 5.91 Å². The number of amides is 1. The predicted octanol–water partition coefficient (Wildman–Crippen LogP) is 5.09. The van der Waals surface area contributed by atoms with E-state index >= 15 is 0 Å². The molecule has 0 spiro atoms. The average Bonchev–Trinajstić information content (AvgIpc) is 2.85. The number of piperidine rings is 1. The van der Waals surface area contributed by atoms with Gasteiger partial charge in [0.1, 0.15) is 5.82 Å². The quantitative estimate of drug-likeness (QED) is 0.480. The molecule has 5 nitrogen and oxygen atoms in total. The van der Waals surface area contributed by atoms with Crippen LogP contribution in [-0.2, 0) is 0 Å². The Kier molecular flexibility index (Phi) is 8.26. The molecule has 1 amide bonds. The second-order valence-electron chi connectivity index (χ2n) is 8.57. The van der Waals surface area contributed by atoms with Crippen molar-refractivity contribution in [2.45, 2.75) is 33.1 Å². The van der Waals surface area contributed by atoms with Crippen LogP contribution in [0.25, 0.3) is 0 Å². The second kappa shape index (κ2) is 11.1. The van der Waals surface area contributed by atoms with Crippen molar-refractivity contribution in [2.75, 3.05) is 49.1 Å². The highest BCUT2D eigenvalue weighted by molar-refractivity contribution is 6.00. The molecule has 0 N–H and O–H groups in total. The van der Waals surface area contributed by atoms with E-state index in [1.165, 1.54) is 19.4 Å². The summed E-state index contributed by atoms with van der Waals surface area (Å²) in [5.41, 5.74) is 3.74. The van der Waals surface area contributed by atoms with Gasteiger partial charge in [-0.3, -0.25) is 9.59 Å². The third kappa shape index (κ3) is 5.62. The Balaban J connectivity index is 0.00000149. The fraction of sp³-hybridized carbons (Fsp3) is 0.407. The van der Waals surface area contributed by atoms with Crippen molar-refractivity contribution in [2.24, 2.45) is 0 Å². The number of rotatable bonds is 4. The topological polar surface area (TPSA) is 43.9 Å². The fourth-order valence-electron chi connectivity index (χ4n) is 4.53. The lowest BCUT2D eigenvalue weighted by atomic mass is 10.0. The van der Waals surface area contributed by atoms with E-state index in [1.54, 1.807) is 12.1 Å². The lowest BCUT2D eigenvalue weighted by molar-refractivity contribution is 0.0746. The minimum atomic E-state index is -0.390. The van der Waals surface area contributed by atoms with Gasteiger partial charge < -0.3 is 14.7 Å². The molecule has 0 aromatic heterocycles. The zero-order chi connectivity index (χ0) is 24.0. The molecule has 0 atom stereocenters. The standard InChI is InChI=1S/C25H30FN3O2.C2H4/c1-18-6-8-23(27-10-4-3-5-11-27)21(16-18)25(31)29-14-12-28(13-15-29)24-9-7-20(19(2)30)17-22(24)26;1-2/h6-9,16-17H,3-5,10-15H2,1-2H3;1-2H2. The molecule has 33 heavy (non-hydrogen) atoms. The van der Waals surface area contributed by atoms with Gasteiger partial charge in [-0.05, 0) is 63.4 Å². The highest BCUT2D eigenvalue weighted by atomic mass is 19.1. The van der Waals surface area contributed by atoms with Gasteiger partial charge >= 0.3 is 0 Å². The molecule has 0 aliphatic carbocycles. The maximum absolute atomic E-state index is 14.5. The van der Waals surface area contributed by atoms with Crippen molar-refractivity contribution in [3.63, 3.8) is 0 Å². The Bertz CT molecular complexity index is 993. The van der Waals surface area contributed by atoms with Crippen LogP contribution in [-0.4, -0.2) is 55.9 Å². The molecule has 2 fully saturated rings. The van der Waals surface area contributed by atoms with E-state index in [9.17, 15) is 14.0 Å². The van der Waals surface area contributed by atoms with Crippen LogP contribution in [0.2, 0.25) is 0 Å². The summed E-state index contributed by atoms with van der Waals surface area (Å²) in [5, 5.41) is 0. The smallest absolute Gasteiger partial charge is 0.256 e.